The molecule has 0 bridgehead atoms. The van der Waals surface area contributed by atoms with E-state index in [1.54, 1.807) is 13.8 Å². The third kappa shape index (κ3) is 2.26. The molecule has 1 heterocycles. The maximum Gasteiger partial charge on any atom is 0.309 e. The van der Waals surface area contributed by atoms with Gasteiger partial charge in [-0.2, -0.15) is 0 Å². The van der Waals surface area contributed by atoms with Crippen molar-refractivity contribution < 1.29 is 9.90 Å². The lowest BCUT2D eigenvalue weighted by Gasteiger charge is -2.18. The Morgan fingerprint density at radius 2 is 2.00 bits per heavy atom. The maximum absolute atomic E-state index is 11.1. The number of aliphatic carboxylic acids is 1. The van der Waals surface area contributed by atoms with Gasteiger partial charge in [0, 0.05) is 16.6 Å². The first kappa shape index (κ1) is 12.7. The third-order valence-corrected chi connectivity index (χ3v) is 3.61. The van der Waals surface area contributed by atoms with Crippen LogP contribution in [-0.4, -0.2) is 16.1 Å². The Morgan fingerprint density at radius 1 is 1.33 bits per heavy atom. The Kier molecular flexibility index (Phi) is 3.16. The number of hydrogen-bond acceptors (Lipinski definition) is 1. The molecule has 96 valence electrons. The van der Waals surface area contributed by atoms with E-state index in [0.717, 1.165) is 17.6 Å². The van der Waals surface area contributed by atoms with Crippen LogP contribution in [0.25, 0.3) is 10.9 Å². The largest absolute Gasteiger partial charge is 0.481 e. The van der Waals surface area contributed by atoms with Crippen LogP contribution in [0.3, 0.4) is 0 Å². The van der Waals surface area contributed by atoms with Gasteiger partial charge in [-0.05, 0) is 45.2 Å². The predicted octanol–water partition coefficient (Wildman–Crippen LogP) is 3.52. The first-order valence-electron chi connectivity index (χ1n) is 6.21. The van der Waals surface area contributed by atoms with Crippen molar-refractivity contribution in [1.29, 1.82) is 0 Å². The van der Waals surface area contributed by atoms with E-state index in [9.17, 15) is 4.79 Å². The van der Waals surface area contributed by atoms with Crippen molar-refractivity contribution in [2.24, 2.45) is 5.41 Å². The molecule has 18 heavy (non-hydrogen) atoms. The molecule has 3 heteroatoms. The lowest BCUT2D eigenvalue weighted by Crippen LogP contribution is -2.24. The highest BCUT2D eigenvalue weighted by Crippen LogP contribution is 2.28. The fourth-order valence-corrected chi connectivity index (χ4v) is 2.20. The van der Waals surface area contributed by atoms with E-state index in [-0.39, 0.29) is 0 Å². The predicted molar refractivity (Wildman–Crippen MR) is 72.8 cm³/mol. The lowest BCUT2D eigenvalue weighted by atomic mass is 9.86. The molecule has 0 fully saturated rings. The summed E-state index contributed by atoms with van der Waals surface area (Å²) in [5, 5.41) is 10.3. The highest BCUT2D eigenvalue weighted by Gasteiger charge is 2.27. The number of H-pyrrole nitrogens is 1. The number of benzene rings is 1. The second-order valence-corrected chi connectivity index (χ2v) is 5.46. The molecular weight excluding hydrogens is 226 g/mol. The molecule has 0 radical (unpaired) electrons. The van der Waals surface area contributed by atoms with Crippen molar-refractivity contribution in [2.75, 3.05) is 0 Å². The summed E-state index contributed by atoms with van der Waals surface area (Å²) in [7, 11) is 0. The van der Waals surface area contributed by atoms with Gasteiger partial charge in [0.25, 0.3) is 0 Å². The molecule has 0 saturated heterocycles. The average molecular weight is 245 g/mol. The summed E-state index contributed by atoms with van der Waals surface area (Å²) in [5.74, 6) is -0.736. The molecule has 1 aromatic carbocycles. The average Bonchev–Trinajstić information content (AvgIpc) is 2.62. The van der Waals surface area contributed by atoms with E-state index in [0.29, 0.717) is 6.42 Å². The van der Waals surface area contributed by atoms with Gasteiger partial charge in [0.1, 0.15) is 0 Å². The molecule has 1 aromatic heterocycles. The number of carbonyl (C=O) groups is 1. The van der Waals surface area contributed by atoms with Crippen LogP contribution in [-0.2, 0) is 11.2 Å². The summed E-state index contributed by atoms with van der Waals surface area (Å²) in [5.41, 5.74) is 2.82. The number of carboxylic acids is 1. The Morgan fingerprint density at radius 3 is 2.67 bits per heavy atom. The molecule has 0 spiro atoms. The normalized spacial score (nSPS) is 11.9. The van der Waals surface area contributed by atoms with Gasteiger partial charge in [-0.25, -0.2) is 0 Å². The van der Waals surface area contributed by atoms with Crippen LogP contribution in [0.2, 0.25) is 0 Å². The number of para-hydroxylation sites is 1. The molecule has 0 atom stereocenters. The van der Waals surface area contributed by atoms with E-state index in [1.807, 2.05) is 25.1 Å². The number of aromatic amines is 1. The second kappa shape index (κ2) is 4.48. The fourth-order valence-electron chi connectivity index (χ4n) is 2.20. The quantitative estimate of drug-likeness (QED) is 0.865. The van der Waals surface area contributed by atoms with Gasteiger partial charge in [-0.15, -0.1) is 0 Å². The summed E-state index contributed by atoms with van der Waals surface area (Å²) in [6.45, 7) is 5.60. The highest BCUT2D eigenvalue weighted by molar-refractivity contribution is 5.84. The monoisotopic (exact) mass is 245 g/mol. The molecule has 2 N–H and O–H groups in total. The van der Waals surface area contributed by atoms with Crippen LogP contribution in [0, 0.1) is 12.3 Å². The van der Waals surface area contributed by atoms with E-state index >= 15 is 0 Å². The number of carboxylic acid groups (broad SMARTS) is 1. The molecule has 0 saturated carbocycles. The van der Waals surface area contributed by atoms with Crippen LogP contribution in [0.1, 0.15) is 31.5 Å². The van der Waals surface area contributed by atoms with Crippen LogP contribution in [0.4, 0.5) is 0 Å². The van der Waals surface area contributed by atoms with E-state index in [4.69, 9.17) is 5.11 Å². The second-order valence-electron chi connectivity index (χ2n) is 5.46. The zero-order chi connectivity index (χ0) is 13.3. The van der Waals surface area contributed by atoms with Gasteiger partial charge in [0.2, 0.25) is 0 Å². The first-order valence-corrected chi connectivity index (χ1v) is 6.21. The van der Waals surface area contributed by atoms with Crippen molar-refractivity contribution in [2.45, 2.75) is 33.6 Å². The molecule has 2 rings (SSSR count). The lowest BCUT2D eigenvalue weighted by molar-refractivity contribution is -0.147. The van der Waals surface area contributed by atoms with E-state index in [1.165, 1.54) is 10.9 Å². The van der Waals surface area contributed by atoms with Crippen LogP contribution in [0.15, 0.2) is 24.3 Å². The molecule has 2 aromatic rings. The molecule has 0 unspecified atom stereocenters. The standard InChI is InChI=1S/C15H19NO2/c1-10-11(8-9-15(2,3)14(17)18)12-6-4-5-7-13(12)16-10/h4-7,16H,8-9H2,1-3H3,(H,17,18). The molecular formula is C15H19NO2. The van der Waals surface area contributed by atoms with Crippen LogP contribution < -0.4 is 0 Å². The number of aromatic nitrogens is 1. The molecule has 0 aliphatic rings. The molecule has 3 nitrogen and oxygen atoms in total. The van der Waals surface area contributed by atoms with Gasteiger partial charge in [-0.3, -0.25) is 4.79 Å². The zero-order valence-corrected chi connectivity index (χ0v) is 11.1. The van der Waals surface area contributed by atoms with Gasteiger partial charge in [0.05, 0.1) is 5.41 Å². The maximum atomic E-state index is 11.1. The number of aryl methyl sites for hydroxylation is 2. The van der Waals surface area contributed by atoms with Crippen molar-refractivity contribution in [1.82, 2.24) is 4.98 Å². The van der Waals surface area contributed by atoms with Gasteiger partial charge in [0.15, 0.2) is 0 Å². The van der Waals surface area contributed by atoms with Crippen molar-refractivity contribution >= 4 is 16.9 Å². The number of rotatable bonds is 4. The minimum Gasteiger partial charge on any atom is -0.481 e. The summed E-state index contributed by atoms with van der Waals surface area (Å²) >= 11 is 0. The zero-order valence-electron chi connectivity index (χ0n) is 11.1. The van der Waals surface area contributed by atoms with Crippen molar-refractivity contribution in [3.05, 3.63) is 35.5 Å². The fraction of sp³-hybridized carbons (Fsp3) is 0.400. The number of nitrogens with one attached hydrogen (secondary N) is 1. The summed E-state index contributed by atoms with van der Waals surface area (Å²) in [6.07, 6.45) is 1.43. The van der Waals surface area contributed by atoms with Crippen LogP contribution >= 0.6 is 0 Å². The van der Waals surface area contributed by atoms with Gasteiger partial charge < -0.3 is 10.1 Å². The summed E-state index contributed by atoms with van der Waals surface area (Å²) in [6, 6.07) is 8.15. The Balaban J connectivity index is 2.27. The van der Waals surface area contributed by atoms with Crippen molar-refractivity contribution in [3.63, 3.8) is 0 Å². The van der Waals surface area contributed by atoms with Gasteiger partial charge >= 0.3 is 5.97 Å². The van der Waals surface area contributed by atoms with E-state index in [2.05, 4.69) is 11.1 Å². The minimum absolute atomic E-state index is 0.644. The third-order valence-electron chi connectivity index (χ3n) is 3.61. The Hall–Kier alpha value is -1.77. The SMILES string of the molecule is Cc1[nH]c2ccccc2c1CCC(C)(C)C(=O)O. The minimum atomic E-state index is -0.736. The van der Waals surface area contributed by atoms with E-state index < -0.39 is 11.4 Å². The molecule has 0 aliphatic heterocycles. The topological polar surface area (TPSA) is 53.1 Å². The highest BCUT2D eigenvalue weighted by atomic mass is 16.4. The van der Waals surface area contributed by atoms with Gasteiger partial charge in [-0.1, -0.05) is 18.2 Å². The van der Waals surface area contributed by atoms with Crippen LogP contribution in [0.5, 0.6) is 0 Å². The van der Waals surface area contributed by atoms with Crippen molar-refractivity contribution in [3.8, 4) is 0 Å². The Bertz CT molecular complexity index is 581. The summed E-state index contributed by atoms with van der Waals surface area (Å²) < 4.78 is 0. The molecule has 0 aliphatic carbocycles. The first-order chi connectivity index (χ1) is 8.42. The smallest absolute Gasteiger partial charge is 0.309 e. The summed E-state index contributed by atoms with van der Waals surface area (Å²) in [4.78, 5) is 14.5. The number of hydrogen-bond donors (Lipinski definition) is 2. The molecule has 0 amide bonds. The number of fused-ring (bicyclic) bond motifs is 1. The Labute approximate surface area is 107 Å².